The quantitative estimate of drug-likeness (QED) is 0.225. The second-order valence-electron chi connectivity index (χ2n) is 9.12. The Morgan fingerprint density at radius 2 is 1.39 bits per heavy atom. The molecule has 0 radical (unpaired) electrons. The van der Waals surface area contributed by atoms with Crippen molar-refractivity contribution in [2.45, 2.75) is 0 Å². The van der Waals surface area contributed by atoms with Crippen LogP contribution in [0.1, 0.15) is 10.4 Å². The number of aromatic nitrogens is 5. The Labute approximate surface area is 243 Å². The van der Waals surface area contributed by atoms with Crippen molar-refractivity contribution in [1.29, 1.82) is 0 Å². The van der Waals surface area contributed by atoms with Gasteiger partial charge in [-0.25, -0.2) is 14.4 Å². The molecule has 5 aromatic heterocycles. The van der Waals surface area contributed by atoms with E-state index in [-0.39, 0.29) is 11.7 Å². The highest BCUT2D eigenvalue weighted by Gasteiger charge is 2.08. The maximum Gasteiger partial charge on any atom is 0.255 e. The lowest BCUT2D eigenvalue weighted by atomic mass is 10.2. The third-order valence-corrected chi connectivity index (χ3v) is 6.73. The molecular weight excluding hydrogens is 583 g/mol. The summed E-state index contributed by atoms with van der Waals surface area (Å²) in [5.74, 6) is -0.447. The van der Waals surface area contributed by atoms with Gasteiger partial charge in [0, 0.05) is 58.3 Å². The lowest BCUT2D eigenvalue weighted by molar-refractivity contribution is 0.102. The van der Waals surface area contributed by atoms with E-state index in [9.17, 15) is 9.18 Å². The summed E-state index contributed by atoms with van der Waals surface area (Å²) < 4.78 is 17.9. The molecule has 7 rings (SSSR count). The first-order valence-electron chi connectivity index (χ1n) is 12.7. The van der Waals surface area contributed by atoms with Crippen LogP contribution in [-0.4, -0.2) is 29.7 Å². The van der Waals surface area contributed by atoms with Crippen molar-refractivity contribution in [3.05, 3.63) is 144 Å². The van der Waals surface area contributed by atoms with Crippen molar-refractivity contribution in [2.24, 2.45) is 0 Å². The number of pyridine rings is 3. The van der Waals surface area contributed by atoms with E-state index in [4.69, 9.17) is 0 Å². The second-order valence-corrected chi connectivity index (χ2v) is 10.0. The van der Waals surface area contributed by atoms with E-state index in [1.54, 1.807) is 42.7 Å². The fourth-order valence-corrected chi connectivity index (χ4v) is 4.59. The van der Waals surface area contributed by atoms with Crippen LogP contribution >= 0.6 is 15.9 Å². The zero-order chi connectivity index (χ0) is 28.2. The van der Waals surface area contributed by atoms with Crippen molar-refractivity contribution < 1.29 is 9.18 Å². The van der Waals surface area contributed by atoms with Gasteiger partial charge in [-0.3, -0.25) is 9.78 Å². The first-order chi connectivity index (χ1) is 20.0. The van der Waals surface area contributed by atoms with Crippen molar-refractivity contribution in [1.82, 2.24) is 23.8 Å². The van der Waals surface area contributed by atoms with E-state index in [1.807, 2.05) is 82.1 Å². The van der Waals surface area contributed by atoms with Crippen LogP contribution in [0.25, 0.3) is 33.8 Å². The van der Waals surface area contributed by atoms with Crippen LogP contribution in [0.2, 0.25) is 0 Å². The maximum atomic E-state index is 13.1. The van der Waals surface area contributed by atoms with Crippen molar-refractivity contribution >= 4 is 38.8 Å². The smallest absolute Gasteiger partial charge is 0.255 e. The van der Waals surface area contributed by atoms with Crippen LogP contribution in [0.4, 0.5) is 10.1 Å². The number of amides is 1. The number of halogens is 2. The molecule has 0 saturated heterocycles. The highest BCUT2D eigenvalue weighted by Crippen LogP contribution is 2.22. The standard InChI is InChI=1S/C20H14FN3O.C12H8BrN3/c21-16-8-6-14(7-9-16)18-13-24-12-17(10-11-19(24)23-18)22-20(25)15-4-2-1-3-5-15;13-10-3-4-12-15-11(8-16(12)7-10)9-2-1-5-14-6-9/h1-13H,(H,22,25);1-8H. The molecule has 0 bridgehead atoms. The number of nitrogens with one attached hydrogen (secondary N) is 1. The Morgan fingerprint density at radius 3 is 2.10 bits per heavy atom. The van der Waals surface area contributed by atoms with Crippen molar-refractivity contribution in [3.63, 3.8) is 0 Å². The molecule has 7 aromatic rings. The van der Waals surface area contributed by atoms with Crippen LogP contribution in [0, 0.1) is 5.82 Å². The zero-order valence-corrected chi connectivity index (χ0v) is 23.1. The van der Waals surface area contributed by atoms with Crippen LogP contribution in [-0.2, 0) is 0 Å². The molecule has 0 unspecified atom stereocenters. The Morgan fingerprint density at radius 1 is 0.707 bits per heavy atom. The number of carbonyl (C=O) groups is 1. The Kier molecular flexibility index (Phi) is 7.34. The zero-order valence-electron chi connectivity index (χ0n) is 21.5. The number of anilines is 1. The summed E-state index contributed by atoms with van der Waals surface area (Å²) in [5, 5.41) is 2.87. The number of nitrogens with zero attached hydrogens (tertiary/aromatic N) is 5. The van der Waals surface area contributed by atoms with E-state index < -0.39 is 0 Å². The molecule has 9 heteroatoms. The van der Waals surface area contributed by atoms with Gasteiger partial charge < -0.3 is 14.1 Å². The highest BCUT2D eigenvalue weighted by molar-refractivity contribution is 9.10. The average molecular weight is 605 g/mol. The molecule has 0 aliphatic rings. The number of hydrogen-bond acceptors (Lipinski definition) is 4. The summed E-state index contributed by atoms with van der Waals surface area (Å²) in [6.07, 6.45) is 11.2. The molecule has 5 heterocycles. The van der Waals surface area contributed by atoms with Crippen LogP contribution in [0.3, 0.4) is 0 Å². The van der Waals surface area contributed by atoms with Crippen molar-refractivity contribution in [3.8, 4) is 22.5 Å². The van der Waals surface area contributed by atoms with Gasteiger partial charge in [0.05, 0.1) is 17.1 Å². The Balaban J connectivity index is 0.000000162. The van der Waals surface area contributed by atoms with Gasteiger partial charge in [-0.05, 0) is 88.7 Å². The van der Waals surface area contributed by atoms with Gasteiger partial charge in [0.25, 0.3) is 5.91 Å². The minimum absolute atomic E-state index is 0.168. The molecular formula is C32H22BrFN6O. The SMILES string of the molecule is Brc1ccc2nc(-c3cccnc3)cn2c1.O=C(Nc1ccc2nc(-c3ccc(F)cc3)cn2c1)c1ccccc1. The van der Waals surface area contributed by atoms with Gasteiger partial charge in [0.1, 0.15) is 17.1 Å². The first kappa shape index (κ1) is 26.1. The van der Waals surface area contributed by atoms with Gasteiger partial charge >= 0.3 is 0 Å². The van der Waals surface area contributed by atoms with Gasteiger partial charge in [-0.1, -0.05) is 18.2 Å². The molecule has 7 nitrogen and oxygen atoms in total. The van der Waals surface area contributed by atoms with Gasteiger partial charge in [-0.2, -0.15) is 0 Å². The summed E-state index contributed by atoms with van der Waals surface area (Å²) in [7, 11) is 0. The normalized spacial score (nSPS) is 10.8. The topological polar surface area (TPSA) is 76.6 Å². The third-order valence-electron chi connectivity index (χ3n) is 6.26. The summed E-state index contributed by atoms with van der Waals surface area (Å²) in [5.41, 5.74) is 6.49. The van der Waals surface area contributed by atoms with E-state index in [0.29, 0.717) is 11.3 Å². The molecule has 1 amide bonds. The summed E-state index contributed by atoms with van der Waals surface area (Å²) in [4.78, 5) is 25.4. The highest BCUT2D eigenvalue weighted by atomic mass is 79.9. The lowest BCUT2D eigenvalue weighted by Crippen LogP contribution is -2.11. The summed E-state index contributed by atoms with van der Waals surface area (Å²) in [6, 6.07) is 26.7. The monoisotopic (exact) mass is 604 g/mol. The van der Waals surface area contributed by atoms with Gasteiger partial charge in [0.2, 0.25) is 0 Å². The van der Waals surface area contributed by atoms with E-state index in [1.165, 1.54) is 12.1 Å². The van der Waals surface area contributed by atoms with Gasteiger partial charge in [-0.15, -0.1) is 0 Å². The molecule has 0 saturated carbocycles. The van der Waals surface area contributed by atoms with E-state index >= 15 is 0 Å². The minimum Gasteiger partial charge on any atom is -0.321 e. The molecule has 0 aliphatic carbocycles. The molecule has 0 atom stereocenters. The third kappa shape index (κ3) is 6.05. The molecule has 0 spiro atoms. The Bertz CT molecular complexity index is 1950. The maximum absolute atomic E-state index is 13.1. The Hall–Kier alpha value is -5.15. The minimum atomic E-state index is -0.279. The molecule has 1 N–H and O–H groups in total. The van der Waals surface area contributed by atoms with Crippen LogP contribution in [0.15, 0.2) is 133 Å². The first-order valence-corrected chi connectivity index (χ1v) is 13.5. The van der Waals surface area contributed by atoms with Crippen LogP contribution < -0.4 is 5.32 Å². The molecule has 41 heavy (non-hydrogen) atoms. The van der Waals surface area contributed by atoms with Crippen LogP contribution in [0.5, 0.6) is 0 Å². The molecule has 200 valence electrons. The predicted octanol–water partition coefficient (Wildman–Crippen LogP) is 7.55. The molecule has 0 aliphatic heterocycles. The fraction of sp³-hybridized carbons (Fsp3) is 0. The van der Waals surface area contributed by atoms with Crippen molar-refractivity contribution in [2.75, 3.05) is 5.32 Å². The number of benzene rings is 2. The number of carbonyl (C=O) groups excluding carboxylic acids is 1. The lowest BCUT2D eigenvalue weighted by Gasteiger charge is -2.05. The molecule has 2 aromatic carbocycles. The van der Waals surface area contributed by atoms with E-state index in [0.717, 1.165) is 38.3 Å². The summed E-state index contributed by atoms with van der Waals surface area (Å²) in [6.45, 7) is 0. The second kappa shape index (κ2) is 11.5. The largest absolute Gasteiger partial charge is 0.321 e. The van der Waals surface area contributed by atoms with E-state index in [2.05, 4.69) is 36.2 Å². The predicted molar refractivity (Wildman–Crippen MR) is 161 cm³/mol. The van der Waals surface area contributed by atoms with Gasteiger partial charge in [0.15, 0.2) is 0 Å². The molecule has 0 fully saturated rings. The fourth-order valence-electron chi connectivity index (χ4n) is 4.24. The number of imidazole rings is 2. The number of rotatable bonds is 4. The summed E-state index contributed by atoms with van der Waals surface area (Å²) >= 11 is 3.44. The number of fused-ring (bicyclic) bond motifs is 2. The number of hydrogen-bond donors (Lipinski definition) is 1. The average Bonchev–Trinajstić information content (AvgIpc) is 3.63.